The molecule has 0 aliphatic heterocycles. The van der Waals surface area contributed by atoms with Gasteiger partial charge >= 0.3 is 5.97 Å². The van der Waals surface area contributed by atoms with E-state index < -0.39 is 12.1 Å². The molecule has 0 radical (unpaired) electrons. The Balaban J connectivity index is 1.92. The van der Waals surface area contributed by atoms with Gasteiger partial charge < -0.3 is 20.1 Å². The van der Waals surface area contributed by atoms with E-state index in [2.05, 4.69) is 10.5 Å². The number of anilines is 1. The van der Waals surface area contributed by atoms with E-state index in [1.807, 2.05) is 0 Å². The number of rotatable bonds is 4. The number of halogens is 1. The fourth-order valence-corrected chi connectivity index (χ4v) is 2.97. The van der Waals surface area contributed by atoms with Crippen molar-refractivity contribution < 1.29 is 19.5 Å². The molecule has 1 aromatic carbocycles. The Morgan fingerprint density at radius 2 is 1.96 bits per heavy atom. The first-order valence-electron chi connectivity index (χ1n) is 7.50. The van der Waals surface area contributed by atoms with Gasteiger partial charge in [-0.05, 0) is 37.1 Å². The highest BCUT2D eigenvalue weighted by molar-refractivity contribution is 6.30. The van der Waals surface area contributed by atoms with Crippen molar-refractivity contribution in [2.45, 2.75) is 37.8 Å². The number of hydrogen-bond donors (Lipinski definition) is 3. The zero-order valence-corrected chi connectivity index (χ0v) is 13.1. The van der Waals surface area contributed by atoms with Crippen molar-refractivity contribution in [1.82, 2.24) is 5.16 Å². The fraction of sp³-hybridized carbons (Fsp3) is 0.375. The maximum Gasteiger partial charge on any atom is 0.343 e. The van der Waals surface area contributed by atoms with Crippen LogP contribution < -0.4 is 5.32 Å². The summed E-state index contributed by atoms with van der Waals surface area (Å²) in [5.41, 5.74) is 0.543. The van der Waals surface area contributed by atoms with Gasteiger partial charge in [-0.1, -0.05) is 29.6 Å². The standard InChI is InChI=1S/C16H17ClN2O4/c17-10-7-5-9(6-8-10)14-13(16(21)22)15(19-23-14)18-11-3-1-2-4-12(11)20/h5-8,11-12,20H,1-4H2,(H,18,19)(H,21,22)/t11-,12-/m1/s1. The average Bonchev–Trinajstić information content (AvgIpc) is 2.94. The molecule has 122 valence electrons. The van der Waals surface area contributed by atoms with Gasteiger partial charge in [0.1, 0.15) is 0 Å². The van der Waals surface area contributed by atoms with Crippen molar-refractivity contribution in [1.29, 1.82) is 0 Å². The van der Waals surface area contributed by atoms with Gasteiger partial charge in [-0.25, -0.2) is 4.79 Å². The van der Waals surface area contributed by atoms with Gasteiger partial charge in [0, 0.05) is 10.6 Å². The summed E-state index contributed by atoms with van der Waals surface area (Å²) in [5, 5.41) is 27.0. The van der Waals surface area contributed by atoms with E-state index in [-0.39, 0.29) is 23.2 Å². The van der Waals surface area contributed by atoms with Gasteiger partial charge in [0.05, 0.1) is 12.1 Å². The molecule has 1 aliphatic rings. The van der Waals surface area contributed by atoms with Crippen molar-refractivity contribution >= 4 is 23.4 Å². The third-order valence-corrected chi connectivity index (χ3v) is 4.32. The predicted octanol–water partition coefficient (Wildman–Crippen LogP) is 3.41. The number of aromatic carboxylic acids is 1. The van der Waals surface area contributed by atoms with Gasteiger partial charge in [0.15, 0.2) is 17.1 Å². The Morgan fingerprint density at radius 1 is 1.26 bits per heavy atom. The van der Waals surface area contributed by atoms with Crippen LogP contribution in [0.25, 0.3) is 11.3 Å². The summed E-state index contributed by atoms with van der Waals surface area (Å²) in [6.45, 7) is 0. The summed E-state index contributed by atoms with van der Waals surface area (Å²) in [6.07, 6.45) is 2.91. The average molecular weight is 337 g/mol. The first-order valence-corrected chi connectivity index (χ1v) is 7.87. The van der Waals surface area contributed by atoms with E-state index in [0.29, 0.717) is 17.0 Å². The minimum atomic E-state index is -1.14. The van der Waals surface area contributed by atoms with Gasteiger partial charge in [-0.15, -0.1) is 0 Å². The van der Waals surface area contributed by atoms with E-state index in [9.17, 15) is 15.0 Å². The maximum atomic E-state index is 11.6. The van der Waals surface area contributed by atoms with Crippen LogP contribution in [-0.2, 0) is 0 Å². The number of nitrogens with one attached hydrogen (secondary N) is 1. The van der Waals surface area contributed by atoms with Crippen molar-refractivity contribution in [3.05, 3.63) is 34.9 Å². The van der Waals surface area contributed by atoms with E-state index in [1.54, 1.807) is 24.3 Å². The molecule has 0 bridgehead atoms. The molecule has 1 heterocycles. The van der Waals surface area contributed by atoms with Gasteiger partial charge in [-0.2, -0.15) is 0 Å². The molecule has 2 aromatic rings. The third kappa shape index (κ3) is 3.33. The highest BCUT2D eigenvalue weighted by Crippen LogP contribution is 2.32. The normalized spacial score (nSPS) is 21.1. The Bertz CT molecular complexity index is 699. The van der Waals surface area contributed by atoms with Gasteiger partial charge in [0.2, 0.25) is 0 Å². The minimum Gasteiger partial charge on any atom is -0.477 e. The van der Waals surface area contributed by atoms with Crippen LogP contribution in [0.1, 0.15) is 36.0 Å². The quantitative estimate of drug-likeness (QED) is 0.792. The fourth-order valence-electron chi connectivity index (χ4n) is 2.84. The number of aromatic nitrogens is 1. The number of hydrogen-bond acceptors (Lipinski definition) is 5. The summed E-state index contributed by atoms with van der Waals surface area (Å²) in [7, 11) is 0. The SMILES string of the molecule is O=C(O)c1c(N[C@@H]2CCCC[C@H]2O)noc1-c1ccc(Cl)cc1. The van der Waals surface area contributed by atoms with Gasteiger partial charge in [0.25, 0.3) is 0 Å². The highest BCUT2D eigenvalue weighted by Gasteiger charge is 2.29. The molecule has 6 nitrogen and oxygen atoms in total. The third-order valence-electron chi connectivity index (χ3n) is 4.06. The molecule has 0 spiro atoms. The number of carboxylic acids is 1. The number of aliphatic hydroxyl groups excluding tert-OH is 1. The van der Waals surface area contributed by atoms with Crippen LogP contribution in [0.3, 0.4) is 0 Å². The molecule has 23 heavy (non-hydrogen) atoms. The number of aliphatic hydroxyl groups is 1. The summed E-state index contributed by atoms with van der Waals surface area (Å²) >= 11 is 5.85. The maximum absolute atomic E-state index is 11.6. The van der Waals surface area contributed by atoms with Crippen molar-refractivity contribution in [3.63, 3.8) is 0 Å². The lowest BCUT2D eigenvalue weighted by Gasteiger charge is -2.28. The zero-order chi connectivity index (χ0) is 16.4. The van der Waals surface area contributed by atoms with E-state index >= 15 is 0 Å². The second-order valence-corrected chi connectivity index (χ2v) is 6.09. The minimum absolute atomic E-state index is 0.0369. The van der Waals surface area contributed by atoms with E-state index in [1.165, 1.54) is 0 Å². The molecule has 1 aromatic heterocycles. The second kappa shape index (κ2) is 6.60. The molecule has 7 heteroatoms. The first kappa shape index (κ1) is 15.8. The molecule has 3 N–H and O–H groups in total. The number of carboxylic acid groups (broad SMARTS) is 1. The van der Waals surface area contributed by atoms with Gasteiger partial charge in [-0.3, -0.25) is 0 Å². The van der Waals surface area contributed by atoms with Crippen molar-refractivity contribution in [2.75, 3.05) is 5.32 Å². The summed E-state index contributed by atoms with van der Waals surface area (Å²) < 4.78 is 5.24. The van der Waals surface area contributed by atoms with Crippen molar-refractivity contribution in [2.24, 2.45) is 0 Å². The Kier molecular flexibility index (Phi) is 4.54. The Labute approximate surface area is 138 Å². The predicted molar refractivity (Wildman–Crippen MR) is 85.8 cm³/mol. The Morgan fingerprint density at radius 3 is 2.61 bits per heavy atom. The molecule has 1 aliphatic carbocycles. The highest BCUT2D eigenvalue weighted by atomic mass is 35.5. The van der Waals surface area contributed by atoms with Crippen molar-refractivity contribution in [3.8, 4) is 11.3 Å². The monoisotopic (exact) mass is 336 g/mol. The van der Waals surface area contributed by atoms with Crippen LogP contribution >= 0.6 is 11.6 Å². The lowest BCUT2D eigenvalue weighted by Crippen LogP contribution is -2.36. The smallest absolute Gasteiger partial charge is 0.343 e. The van der Waals surface area contributed by atoms with Crippen LogP contribution in [0.4, 0.5) is 5.82 Å². The van der Waals surface area contributed by atoms with Crippen LogP contribution in [0.2, 0.25) is 5.02 Å². The molecular weight excluding hydrogens is 320 g/mol. The lowest BCUT2D eigenvalue weighted by atomic mass is 9.92. The number of benzene rings is 1. The van der Waals surface area contributed by atoms with E-state index in [4.69, 9.17) is 16.1 Å². The first-order chi connectivity index (χ1) is 11.1. The molecule has 0 unspecified atom stereocenters. The van der Waals surface area contributed by atoms with Crippen LogP contribution in [-0.4, -0.2) is 33.5 Å². The van der Waals surface area contributed by atoms with E-state index in [0.717, 1.165) is 19.3 Å². The Hall–Kier alpha value is -2.05. The van der Waals surface area contributed by atoms with Crippen LogP contribution in [0.5, 0.6) is 0 Å². The zero-order valence-electron chi connectivity index (χ0n) is 12.3. The number of nitrogens with zero attached hydrogens (tertiary/aromatic N) is 1. The molecule has 0 saturated heterocycles. The summed E-state index contributed by atoms with van der Waals surface area (Å²) in [4.78, 5) is 11.6. The topological polar surface area (TPSA) is 95.6 Å². The molecular formula is C16H17ClN2O4. The largest absolute Gasteiger partial charge is 0.477 e. The number of carbonyl (C=O) groups is 1. The summed E-state index contributed by atoms with van der Waals surface area (Å²) in [5.74, 6) is -0.820. The molecule has 3 rings (SSSR count). The van der Waals surface area contributed by atoms with Crippen LogP contribution in [0.15, 0.2) is 28.8 Å². The summed E-state index contributed by atoms with van der Waals surface area (Å²) in [6, 6.07) is 6.44. The molecule has 1 saturated carbocycles. The second-order valence-electron chi connectivity index (χ2n) is 5.65. The molecule has 2 atom stereocenters. The lowest BCUT2D eigenvalue weighted by molar-refractivity contribution is 0.0697. The molecule has 1 fully saturated rings. The molecule has 0 amide bonds. The van der Waals surface area contributed by atoms with Crippen LogP contribution in [0, 0.1) is 0 Å².